The molecule has 1 aliphatic rings. The first-order valence-electron chi connectivity index (χ1n) is 8.48. The zero-order valence-corrected chi connectivity index (χ0v) is 15.1. The van der Waals surface area contributed by atoms with E-state index in [1.54, 1.807) is 18.3 Å². The number of nitrogens with zero attached hydrogens (tertiary/aromatic N) is 1. The molecule has 0 unspecified atom stereocenters. The monoisotopic (exact) mass is 354 g/mol. The van der Waals surface area contributed by atoms with Crippen molar-refractivity contribution in [1.29, 1.82) is 0 Å². The molecule has 0 bridgehead atoms. The summed E-state index contributed by atoms with van der Waals surface area (Å²) in [6, 6.07) is 11.5. The summed E-state index contributed by atoms with van der Waals surface area (Å²) < 4.78 is 16.2. The van der Waals surface area contributed by atoms with Gasteiger partial charge in [-0.1, -0.05) is 26.0 Å². The molecule has 0 spiro atoms. The third-order valence-corrected chi connectivity index (χ3v) is 3.95. The molecule has 1 amide bonds. The van der Waals surface area contributed by atoms with Gasteiger partial charge in [0.15, 0.2) is 18.1 Å². The van der Waals surface area contributed by atoms with Crippen molar-refractivity contribution in [3.05, 3.63) is 53.1 Å². The molecule has 26 heavy (non-hydrogen) atoms. The Labute approximate surface area is 152 Å². The Morgan fingerprint density at radius 2 is 2.04 bits per heavy atom. The molecular weight excluding hydrogens is 332 g/mol. The van der Waals surface area contributed by atoms with Gasteiger partial charge in [0.2, 0.25) is 6.79 Å². The molecule has 0 atom stereocenters. The molecule has 0 radical (unpaired) electrons. The second-order valence-corrected chi connectivity index (χ2v) is 6.39. The van der Waals surface area contributed by atoms with Crippen LogP contribution in [0.15, 0.2) is 41.5 Å². The first kappa shape index (κ1) is 17.8. The molecule has 0 aromatic heterocycles. The Kier molecular flexibility index (Phi) is 5.41. The minimum absolute atomic E-state index is 0.0956. The lowest BCUT2D eigenvalue weighted by molar-refractivity contribution is -0.123. The number of carbonyl (C=O) groups is 1. The zero-order valence-electron chi connectivity index (χ0n) is 15.1. The average Bonchev–Trinajstić information content (AvgIpc) is 3.07. The van der Waals surface area contributed by atoms with Gasteiger partial charge < -0.3 is 14.2 Å². The normalized spacial score (nSPS) is 12.6. The van der Waals surface area contributed by atoms with Crippen LogP contribution >= 0.6 is 0 Å². The number of fused-ring (bicyclic) bond motifs is 1. The summed E-state index contributed by atoms with van der Waals surface area (Å²) in [6.45, 7) is 6.30. The maximum Gasteiger partial charge on any atom is 0.277 e. The number of nitrogens with one attached hydrogen (secondary N) is 1. The number of hydrogen-bond acceptors (Lipinski definition) is 5. The fraction of sp³-hybridized carbons (Fsp3) is 0.300. The van der Waals surface area contributed by atoms with Crippen molar-refractivity contribution in [3.63, 3.8) is 0 Å². The topological polar surface area (TPSA) is 69.2 Å². The van der Waals surface area contributed by atoms with E-state index < -0.39 is 0 Å². The van der Waals surface area contributed by atoms with Crippen LogP contribution in [-0.4, -0.2) is 25.5 Å². The van der Waals surface area contributed by atoms with Crippen molar-refractivity contribution in [2.75, 3.05) is 13.4 Å². The van der Waals surface area contributed by atoms with E-state index in [2.05, 4.69) is 24.4 Å². The lowest BCUT2D eigenvalue weighted by Crippen LogP contribution is -2.25. The highest BCUT2D eigenvalue weighted by molar-refractivity contribution is 5.83. The Morgan fingerprint density at radius 1 is 1.23 bits per heavy atom. The van der Waals surface area contributed by atoms with E-state index in [4.69, 9.17) is 14.2 Å². The highest BCUT2D eigenvalue weighted by atomic mass is 16.7. The van der Waals surface area contributed by atoms with Gasteiger partial charge >= 0.3 is 0 Å². The van der Waals surface area contributed by atoms with Gasteiger partial charge in [-0.05, 0) is 53.8 Å². The van der Waals surface area contributed by atoms with Crippen LogP contribution in [0.25, 0.3) is 0 Å². The number of rotatable bonds is 6. The van der Waals surface area contributed by atoms with Crippen LogP contribution in [0.4, 0.5) is 0 Å². The van der Waals surface area contributed by atoms with Crippen LogP contribution in [0.1, 0.15) is 36.5 Å². The molecule has 6 nitrogen and oxygen atoms in total. The largest absolute Gasteiger partial charge is 0.483 e. The number of aryl methyl sites for hydroxylation is 1. The maximum atomic E-state index is 12.0. The molecule has 1 N–H and O–H groups in total. The molecule has 0 saturated carbocycles. The van der Waals surface area contributed by atoms with Crippen molar-refractivity contribution in [3.8, 4) is 17.2 Å². The summed E-state index contributed by atoms with van der Waals surface area (Å²) in [7, 11) is 0. The van der Waals surface area contributed by atoms with Crippen molar-refractivity contribution in [2.45, 2.75) is 26.7 Å². The molecule has 2 aromatic rings. The molecule has 0 aliphatic carbocycles. The molecule has 1 aliphatic heterocycles. The second kappa shape index (κ2) is 7.91. The summed E-state index contributed by atoms with van der Waals surface area (Å²) in [5.74, 6) is 2.11. The predicted molar refractivity (Wildman–Crippen MR) is 99.1 cm³/mol. The molecular formula is C20H22N2O4. The fourth-order valence-corrected chi connectivity index (χ4v) is 2.59. The summed E-state index contributed by atoms with van der Waals surface area (Å²) in [5.41, 5.74) is 5.43. The quantitative estimate of drug-likeness (QED) is 0.638. The van der Waals surface area contributed by atoms with Crippen molar-refractivity contribution in [2.24, 2.45) is 5.10 Å². The van der Waals surface area contributed by atoms with Gasteiger partial charge in [-0.15, -0.1) is 0 Å². The maximum absolute atomic E-state index is 12.0. The van der Waals surface area contributed by atoms with Gasteiger partial charge in [-0.2, -0.15) is 5.10 Å². The lowest BCUT2D eigenvalue weighted by atomic mass is 10.0. The number of benzene rings is 2. The van der Waals surface area contributed by atoms with E-state index in [1.165, 1.54) is 0 Å². The van der Waals surface area contributed by atoms with Gasteiger partial charge in [-0.25, -0.2) is 5.43 Å². The first-order chi connectivity index (χ1) is 12.5. The third-order valence-electron chi connectivity index (χ3n) is 3.95. The molecule has 0 fully saturated rings. The first-order valence-corrected chi connectivity index (χ1v) is 8.48. The van der Waals surface area contributed by atoms with Crippen LogP contribution < -0.4 is 19.6 Å². The molecule has 3 rings (SSSR count). The minimum Gasteiger partial charge on any atom is -0.483 e. The van der Waals surface area contributed by atoms with Crippen LogP contribution in [0.3, 0.4) is 0 Å². The van der Waals surface area contributed by atoms with Crippen molar-refractivity contribution in [1.82, 2.24) is 5.43 Å². The third kappa shape index (κ3) is 4.33. The van der Waals surface area contributed by atoms with E-state index in [9.17, 15) is 4.79 Å². The number of hydrogen-bond donors (Lipinski definition) is 1. The molecule has 2 aromatic carbocycles. The summed E-state index contributed by atoms with van der Waals surface area (Å²) >= 11 is 0. The lowest BCUT2D eigenvalue weighted by Gasteiger charge is -2.14. The van der Waals surface area contributed by atoms with E-state index in [1.807, 2.05) is 31.2 Å². The van der Waals surface area contributed by atoms with Gasteiger partial charge in [0.25, 0.3) is 5.91 Å². The number of ether oxygens (including phenoxy) is 3. The van der Waals surface area contributed by atoms with Crippen LogP contribution in [-0.2, 0) is 4.79 Å². The van der Waals surface area contributed by atoms with E-state index in [0.29, 0.717) is 17.4 Å². The standard InChI is InChI=1S/C20H22N2O4/c1-13(2)16-6-4-14(3)8-18(16)24-11-20(23)22-21-10-15-5-7-17-19(9-15)26-12-25-17/h4-10,13H,11-12H2,1-3H3,(H,22,23). The Hall–Kier alpha value is -3.02. The van der Waals surface area contributed by atoms with E-state index in [-0.39, 0.29) is 19.3 Å². The van der Waals surface area contributed by atoms with Crippen LogP contribution in [0.5, 0.6) is 17.2 Å². The highest BCUT2D eigenvalue weighted by Gasteiger charge is 2.13. The SMILES string of the molecule is Cc1ccc(C(C)C)c(OCC(=O)NN=Cc2ccc3c(c2)OCO3)c1. The number of carbonyl (C=O) groups excluding carboxylic acids is 1. The average molecular weight is 354 g/mol. The van der Waals surface area contributed by atoms with Gasteiger partial charge in [-0.3, -0.25) is 4.79 Å². The Morgan fingerprint density at radius 3 is 2.85 bits per heavy atom. The van der Waals surface area contributed by atoms with Gasteiger partial charge in [0.1, 0.15) is 5.75 Å². The number of hydrazone groups is 1. The second-order valence-electron chi connectivity index (χ2n) is 6.39. The predicted octanol–water partition coefficient (Wildman–Crippen LogP) is 3.38. The summed E-state index contributed by atoms with van der Waals surface area (Å²) in [6.07, 6.45) is 1.55. The highest BCUT2D eigenvalue weighted by Crippen LogP contribution is 2.32. The zero-order chi connectivity index (χ0) is 18.5. The summed E-state index contributed by atoms with van der Waals surface area (Å²) in [4.78, 5) is 12.0. The van der Waals surface area contributed by atoms with E-state index >= 15 is 0 Å². The molecule has 0 saturated heterocycles. The Bertz CT molecular complexity index is 831. The fourth-order valence-electron chi connectivity index (χ4n) is 2.59. The molecule has 1 heterocycles. The van der Waals surface area contributed by atoms with Crippen molar-refractivity contribution < 1.29 is 19.0 Å². The van der Waals surface area contributed by atoms with Crippen molar-refractivity contribution >= 4 is 12.1 Å². The van der Waals surface area contributed by atoms with Crippen LogP contribution in [0, 0.1) is 6.92 Å². The Balaban J connectivity index is 1.54. The van der Waals surface area contributed by atoms with Gasteiger partial charge in [0, 0.05) is 0 Å². The number of amides is 1. The minimum atomic E-state index is -0.321. The molecule has 136 valence electrons. The van der Waals surface area contributed by atoms with Crippen LogP contribution in [0.2, 0.25) is 0 Å². The summed E-state index contributed by atoms with van der Waals surface area (Å²) in [5, 5.41) is 3.95. The molecule has 6 heteroatoms. The van der Waals surface area contributed by atoms with Gasteiger partial charge in [0.05, 0.1) is 6.21 Å². The smallest absolute Gasteiger partial charge is 0.277 e. The van der Waals surface area contributed by atoms with E-state index in [0.717, 1.165) is 22.4 Å².